The van der Waals surface area contributed by atoms with E-state index in [1.807, 2.05) is 36.4 Å². The first-order valence-corrected chi connectivity index (χ1v) is 10.5. The average molecular weight is 448 g/mol. The summed E-state index contributed by atoms with van der Waals surface area (Å²) in [6, 6.07) is 16.1. The van der Waals surface area contributed by atoms with E-state index in [9.17, 15) is 8.42 Å². The van der Waals surface area contributed by atoms with E-state index in [4.69, 9.17) is 9.56 Å². The van der Waals surface area contributed by atoms with E-state index >= 15 is 0 Å². The van der Waals surface area contributed by atoms with Gasteiger partial charge in [-0.1, -0.05) is 18.2 Å². The van der Waals surface area contributed by atoms with E-state index in [0.29, 0.717) is 29.2 Å². The third-order valence-electron chi connectivity index (χ3n) is 4.53. The zero-order valence-corrected chi connectivity index (χ0v) is 19.8. The first-order chi connectivity index (χ1) is 14.4. The van der Waals surface area contributed by atoms with Gasteiger partial charge in [0, 0.05) is 53.5 Å². The fourth-order valence-corrected chi connectivity index (χ4v) is 3.82. The van der Waals surface area contributed by atoms with Gasteiger partial charge in [-0.05, 0) is 41.6 Å². The van der Waals surface area contributed by atoms with Crippen molar-refractivity contribution < 1.29 is 12.8 Å². The molecule has 0 atom stereocenters. The zero-order valence-electron chi connectivity index (χ0n) is 17.0. The fourth-order valence-electron chi connectivity index (χ4n) is 3.05. The van der Waals surface area contributed by atoms with E-state index in [1.54, 1.807) is 30.3 Å². The monoisotopic (exact) mass is 448 g/mol. The first-order valence-electron chi connectivity index (χ1n) is 8.93. The van der Waals surface area contributed by atoms with E-state index in [1.165, 1.54) is 6.07 Å². The molecular weight excluding hydrogens is 429 g/mol. The van der Waals surface area contributed by atoms with Crippen LogP contribution in [0, 0.1) is 0 Å². The van der Waals surface area contributed by atoms with Crippen LogP contribution in [-0.4, -0.2) is 65.6 Å². The molecule has 0 saturated heterocycles. The second-order valence-corrected chi connectivity index (χ2v) is 8.00. The third-order valence-corrected chi connectivity index (χ3v) is 5.47. The van der Waals surface area contributed by atoms with Gasteiger partial charge in [-0.3, -0.25) is 0 Å². The summed E-state index contributed by atoms with van der Waals surface area (Å²) in [5.41, 5.74) is 2.23. The summed E-state index contributed by atoms with van der Waals surface area (Å²) < 4.78 is 30.2. The smallest absolute Gasteiger partial charge is 0.240 e. The molecular formula is C19H19N7NaO3S. The number of nitrogens with two attached hydrogens (primary N) is 1. The Balaban J connectivity index is 0.00000272. The number of primary sulfonamides is 1. The predicted octanol–water partition coefficient (Wildman–Crippen LogP) is 2.11. The van der Waals surface area contributed by atoms with Gasteiger partial charge in [0.2, 0.25) is 15.8 Å². The zero-order chi connectivity index (χ0) is 21.1. The number of benzene rings is 2. The Labute approximate surface area is 201 Å². The molecule has 0 saturated carbocycles. The molecule has 4 rings (SSSR count). The van der Waals surface area contributed by atoms with Crippen LogP contribution in [0.15, 0.2) is 70.2 Å². The second-order valence-electron chi connectivity index (χ2n) is 6.47. The Morgan fingerprint density at radius 2 is 1.94 bits per heavy atom. The molecule has 31 heavy (non-hydrogen) atoms. The van der Waals surface area contributed by atoms with Crippen LogP contribution in [0.3, 0.4) is 0 Å². The van der Waals surface area contributed by atoms with Crippen molar-refractivity contribution in [2.45, 2.75) is 11.4 Å². The molecule has 0 fully saturated rings. The summed E-state index contributed by atoms with van der Waals surface area (Å²) in [6.45, 7) is 0.376. The topological polar surface area (TPSA) is 143 Å². The summed E-state index contributed by atoms with van der Waals surface area (Å²) in [5.74, 6) is 0.943. The van der Waals surface area contributed by atoms with Gasteiger partial charge < -0.3 is 14.6 Å². The quantitative estimate of drug-likeness (QED) is 0.365. The summed E-state index contributed by atoms with van der Waals surface area (Å²) >= 11 is 0. The maximum Gasteiger partial charge on any atom is 0.240 e. The molecule has 0 aliphatic rings. The van der Waals surface area contributed by atoms with Crippen molar-refractivity contribution in [1.29, 1.82) is 0 Å². The van der Waals surface area contributed by atoms with Gasteiger partial charge in [-0.15, -0.1) is 10.2 Å². The van der Waals surface area contributed by atoms with Crippen LogP contribution in [0.1, 0.15) is 5.76 Å². The molecule has 0 bridgehead atoms. The molecule has 2 heterocycles. The SMILES string of the molecule is CN(c1ccccc1)c1cc(NCc2ccco2)c(-c2nn[nH]n2)cc1S(N)(=O)=O.[Na]. The maximum absolute atomic E-state index is 12.4. The number of hydrogen-bond donors (Lipinski definition) is 3. The second kappa shape index (κ2) is 9.62. The Morgan fingerprint density at radius 3 is 2.55 bits per heavy atom. The number of aromatic amines is 1. The van der Waals surface area contributed by atoms with Crippen molar-refractivity contribution in [3.05, 3.63) is 66.6 Å². The molecule has 10 nitrogen and oxygen atoms in total. The van der Waals surface area contributed by atoms with Crippen LogP contribution in [0.5, 0.6) is 0 Å². The van der Waals surface area contributed by atoms with Crippen LogP contribution in [-0.2, 0) is 16.6 Å². The molecule has 0 amide bonds. The largest absolute Gasteiger partial charge is 0.467 e. The van der Waals surface area contributed by atoms with Gasteiger partial charge in [0.15, 0.2) is 0 Å². The number of H-pyrrole nitrogens is 1. The van der Waals surface area contributed by atoms with Crippen LogP contribution in [0.2, 0.25) is 0 Å². The number of furan rings is 1. The number of hydrogen-bond acceptors (Lipinski definition) is 8. The van der Waals surface area contributed by atoms with Crippen LogP contribution in [0.4, 0.5) is 17.1 Å². The third kappa shape index (κ3) is 5.14. The molecule has 2 aromatic heterocycles. The molecule has 4 N–H and O–H groups in total. The number of nitrogens with zero attached hydrogens (tertiary/aromatic N) is 4. The number of rotatable bonds is 7. The summed E-state index contributed by atoms with van der Waals surface area (Å²) in [5, 5.41) is 22.7. The van der Waals surface area contributed by atoms with E-state index in [2.05, 4.69) is 25.9 Å². The van der Waals surface area contributed by atoms with Gasteiger partial charge >= 0.3 is 0 Å². The summed E-state index contributed by atoms with van der Waals surface area (Å²) in [7, 11) is -2.28. The number of nitrogens with one attached hydrogen (secondary N) is 2. The predicted molar refractivity (Wildman–Crippen MR) is 117 cm³/mol. The molecule has 155 valence electrons. The minimum atomic E-state index is -4.05. The van der Waals surface area contributed by atoms with Crippen molar-refractivity contribution in [2.75, 3.05) is 17.3 Å². The van der Waals surface area contributed by atoms with Gasteiger partial charge in [0.1, 0.15) is 10.7 Å². The van der Waals surface area contributed by atoms with Crippen LogP contribution >= 0.6 is 0 Å². The molecule has 0 aliphatic heterocycles. The number of tetrazole rings is 1. The normalized spacial score (nSPS) is 11.0. The van der Waals surface area contributed by atoms with Gasteiger partial charge in [-0.2, -0.15) is 5.21 Å². The maximum atomic E-state index is 12.4. The minimum Gasteiger partial charge on any atom is -0.467 e. The molecule has 1 radical (unpaired) electrons. The average Bonchev–Trinajstić information content (AvgIpc) is 3.45. The van der Waals surface area contributed by atoms with Crippen molar-refractivity contribution in [1.82, 2.24) is 20.6 Å². The van der Waals surface area contributed by atoms with Crippen molar-refractivity contribution in [2.24, 2.45) is 5.14 Å². The number of anilines is 3. The van der Waals surface area contributed by atoms with Crippen LogP contribution < -0.4 is 15.4 Å². The van der Waals surface area contributed by atoms with Crippen molar-refractivity contribution >= 4 is 56.6 Å². The number of para-hydroxylation sites is 1. The summed E-state index contributed by atoms with van der Waals surface area (Å²) in [4.78, 5) is 1.69. The fraction of sp³-hybridized carbons (Fsp3) is 0.105. The molecule has 12 heteroatoms. The van der Waals surface area contributed by atoms with Crippen molar-refractivity contribution in [3.8, 4) is 11.4 Å². The first kappa shape index (κ1) is 23.0. The van der Waals surface area contributed by atoms with E-state index in [0.717, 1.165) is 5.69 Å². The van der Waals surface area contributed by atoms with E-state index in [-0.39, 0.29) is 40.3 Å². The van der Waals surface area contributed by atoms with Crippen molar-refractivity contribution in [3.63, 3.8) is 0 Å². The van der Waals surface area contributed by atoms with Gasteiger partial charge in [-0.25, -0.2) is 13.6 Å². The summed E-state index contributed by atoms with van der Waals surface area (Å²) in [6.07, 6.45) is 1.58. The Bertz CT molecular complexity index is 1230. The van der Waals surface area contributed by atoms with E-state index < -0.39 is 10.0 Å². The molecule has 2 aromatic carbocycles. The molecule has 4 aromatic rings. The molecule has 0 aliphatic carbocycles. The number of aromatic nitrogens is 4. The Morgan fingerprint density at radius 1 is 1.16 bits per heavy atom. The molecule has 0 spiro atoms. The number of sulfonamides is 1. The molecule has 0 unspecified atom stereocenters. The van der Waals surface area contributed by atoms with Gasteiger partial charge in [0.25, 0.3) is 0 Å². The Hall–Kier alpha value is -2.70. The van der Waals surface area contributed by atoms with Crippen LogP contribution in [0.25, 0.3) is 11.4 Å². The van der Waals surface area contributed by atoms with Gasteiger partial charge in [0.05, 0.1) is 18.5 Å². The Kier molecular flexibility index (Phi) is 7.13. The standard InChI is InChI=1S/C19H19N7O3S.Na/c1-26(13-6-3-2-4-7-13)17-11-16(21-12-14-8-5-9-29-14)15(19-22-24-25-23-19)10-18(17)30(20,27)28;/h2-11,21H,12H2,1H3,(H2,20,27,28)(H,22,23,24,25);. The minimum absolute atomic E-state index is 0.